The van der Waals surface area contributed by atoms with Gasteiger partial charge in [-0.3, -0.25) is 4.79 Å². The molecule has 32 heavy (non-hydrogen) atoms. The summed E-state index contributed by atoms with van der Waals surface area (Å²) in [7, 11) is 0. The van der Waals surface area contributed by atoms with Crippen LogP contribution in [0.1, 0.15) is 36.8 Å². The van der Waals surface area contributed by atoms with E-state index >= 15 is 0 Å². The van der Waals surface area contributed by atoms with E-state index in [4.69, 9.17) is 9.84 Å². The maximum atomic E-state index is 12.7. The molecule has 3 N–H and O–H groups in total. The molecule has 1 atom stereocenters. The lowest BCUT2D eigenvalue weighted by atomic mass is 9.94. The van der Waals surface area contributed by atoms with Crippen LogP contribution in [0.2, 0.25) is 0 Å². The summed E-state index contributed by atoms with van der Waals surface area (Å²) in [6.07, 6.45) is 0.969. The fourth-order valence-electron chi connectivity index (χ4n) is 4.28. The van der Waals surface area contributed by atoms with Gasteiger partial charge in [0.1, 0.15) is 12.1 Å². The van der Waals surface area contributed by atoms with Gasteiger partial charge in [0.2, 0.25) is 5.91 Å². The van der Waals surface area contributed by atoms with Crippen molar-refractivity contribution < 1.29 is 24.2 Å². The summed E-state index contributed by atoms with van der Waals surface area (Å²) in [5.74, 6) is 2.56. The number of benzene rings is 2. The summed E-state index contributed by atoms with van der Waals surface area (Å²) in [5.41, 5.74) is 3.36. The normalized spacial score (nSPS) is 15.9. The van der Waals surface area contributed by atoms with Crippen molar-refractivity contribution in [3.05, 3.63) is 59.7 Å². The highest BCUT2D eigenvalue weighted by Gasteiger charge is 2.48. The van der Waals surface area contributed by atoms with Crippen molar-refractivity contribution in [2.75, 3.05) is 13.2 Å². The number of hydrogen-bond acceptors (Lipinski definition) is 4. The first-order chi connectivity index (χ1) is 15.4. The summed E-state index contributed by atoms with van der Waals surface area (Å²) in [4.78, 5) is 35.9. The van der Waals surface area contributed by atoms with Gasteiger partial charge in [-0.25, -0.2) is 9.59 Å². The molecular formula is C25H24N2O5. The molecule has 2 aliphatic rings. The zero-order valence-corrected chi connectivity index (χ0v) is 17.7. The molecule has 2 aromatic rings. The highest BCUT2D eigenvalue weighted by atomic mass is 16.5. The molecule has 0 aromatic heterocycles. The van der Waals surface area contributed by atoms with Crippen molar-refractivity contribution in [2.24, 2.45) is 5.92 Å². The molecule has 0 radical (unpaired) electrons. The second kappa shape index (κ2) is 8.75. The van der Waals surface area contributed by atoms with Gasteiger partial charge in [0, 0.05) is 11.8 Å². The summed E-state index contributed by atoms with van der Waals surface area (Å²) in [6.45, 7) is 1.71. The molecule has 1 unspecified atom stereocenters. The first-order valence-corrected chi connectivity index (χ1v) is 10.5. The zero-order chi connectivity index (χ0) is 22.7. The van der Waals surface area contributed by atoms with Gasteiger partial charge in [0.25, 0.3) is 0 Å². The second-order valence-corrected chi connectivity index (χ2v) is 8.22. The Morgan fingerprint density at radius 3 is 2.22 bits per heavy atom. The molecule has 0 aliphatic heterocycles. The Morgan fingerprint density at radius 1 is 1.06 bits per heavy atom. The minimum absolute atomic E-state index is 0.00424. The molecule has 0 heterocycles. The first-order valence-electron chi connectivity index (χ1n) is 10.5. The molecule has 2 aromatic carbocycles. The van der Waals surface area contributed by atoms with E-state index in [1.807, 2.05) is 42.3 Å². The van der Waals surface area contributed by atoms with E-state index in [9.17, 15) is 14.4 Å². The number of ether oxygens (including phenoxy) is 1. The number of carboxylic acids is 1. The fraction of sp³-hybridized carbons (Fsp3) is 0.320. The minimum atomic E-state index is -1.26. The molecule has 0 saturated heterocycles. The Balaban J connectivity index is 1.41. The van der Waals surface area contributed by atoms with Gasteiger partial charge >= 0.3 is 12.1 Å². The second-order valence-electron chi connectivity index (χ2n) is 8.22. The molecule has 1 fully saturated rings. The van der Waals surface area contributed by atoms with E-state index in [1.165, 1.54) is 0 Å². The van der Waals surface area contributed by atoms with Gasteiger partial charge in [-0.2, -0.15) is 0 Å². The van der Waals surface area contributed by atoms with E-state index < -0.39 is 23.5 Å². The lowest BCUT2D eigenvalue weighted by molar-refractivity contribution is -0.130. The topological polar surface area (TPSA) is 105 Å². The lowest BCUT2D eigenvalue weighted by Gasteiger charge is -2.29. The van der Waals surface area contributed by atoms with E-state index in [-0.39, 0.29) is 25.0 Å². The van der Waals surface area contributed by atoms with Crippen LogP contribution in [0.3, 0.4) is 0 Å². The van der Waals surface area contributed by atoms with Crippen molar-refractivity contribution in [3.8, 4) is 23.0 Å². The monoisotopic (exact) mass is 432 g/mol. The van der Waals surface area contributed by atoms with Crippen LogP contribution in [-0.2, 0) is 14.3 Å². The molecule has 7 heteroatoms. The number of aliphatic carboxylic acids is 1. The Kier molecular flexibility index (Phi) is 5.87. The van der Waals surface area contributed by atoms with Gasteiger partial charge in [-0.05, 0) is 47.9 Å². The van der Waals surface area contributed by atoms with Gasteiger partial charge < -0.3 is 20.5 Å². The van der Waals surface area contributed by atoms with Gasteiger partial charge in [-0.15, -0.1) is 0 Å². The number of fused-ring (bicyclic) bond motifs is 3. The zero-order valence-electron chi connectivity index (χ0n) is 17.7. The van der Waals surface area contributed by atoms with Crippen molar-refractivity contribution in [1.82, 2.24) is 10.6 Å². The average molecular weight is 432 g/mol. The molecule has 2 amide bonds. The van der Waals surface area contributed by atoms with Crippen LogP contribution >= 0.6 is 0 Å². The highest BCUT2D eigenvalue weighted by Crippen LogP contribution is 2.44. The predicted octanol–water partition coefficient (Wildman–Crippen LogP) is 2.90. The standard InChI is InChI=1S/C25H24N2O5/c1-25(16-12-13-16,23(30)26-14-6-11-22(28)29)27-24(31)32-15-21-19-9-4-2-7-17(19)18-8-3-5-10-20(18)21/h2-5,7-10,16,21H,12-15H2,1H3,(H,26,30)(H,27,31)(H,28,29). The highest BCUT2D eigenvalue weighted by molar-refractivity contribution is 5.91. The van der Waals surface area contributed by atoms with Crippen LogP contribution in [0.5, 0.6) is 0 Å². The Bertz CT molecular complexity index is 1080. The molecular weight excluding hydrogens is 408 g/mol. The quantitative estimate of drug-likeness (QED) is 0.609. The molecule has 164 valence electrons. The average Bonchev–Trinajstić information content (AvgIpc) is 3.59. The van der Waals surface area contributed by atoms with Crippen molar-refractivity contribution in [2.45, 2.75) is 31.2 Å². The van der Waals surface area contributed by atoms with E-state index in [2.05, 4.69) is 28.7 Å². The fourth-order valence-corrected chi connectivity index (χ4v) is 4.28. The smallest absolute Gasteiger partial charge is 0.408 e. The third kappa shape index (κ3) is 4.30. The molecule has 4 rings (SSSR count). The lowest BCUT2D eigenvalue weighted by Crippen LogP contribution is -2.58. The SMILES string of the molecule is CC(NC(=O)OCC1c2ccccc2-c2ccccc21)(C(=O)NCC#CC(=O)O)C1CC1. The number of carbonyl (C=O) groups excluding carboxylic acids is 2. The van der Waals surface area contributed by atoms with Gasteiger partial charge in [-0.1, -0.05) is 54.5 Å². The maximum absolute atomic E-state index is 12.7. The molecule has 0 spiro atoms. The number of carbonyl (C=O) groups is 3. The Labute approximate surface area is 186 Å². The minimum Gasteiger partial charge on any atom is -0.472 e. The van der Waals surface area contributed by atoms with Gasteiger partial charge in [0.05, 0.1) is 6.54 Å². The van der Waals surface area contributed by atoms with Crippen molar-refractivity contribution in [3.63, 3.8) is 0 Å². The molecule has 2 aliphatic carbocycles. The number of hydrogen-bond donors (Lipinski definition) is 3. The molecule has 1 saturated carbocycles. The van der Waals surface area contributed by atoms with Gasteiger partial charge in [0.15, 0.2) is 0 Å². The van der Waals surface area contributed by atoms with E-state index in [1.54, 1.807) is 6.92 Å². The van der Waals surface area contributed by atoms with Crippen LogP contribution in [0, 0.1) is 17.8 Å². The number of nitrogens with one attached hydrogen (secondary N) is 2. The third-order valence-corrected chi connectivity index (χ3v) is 6.10. The van der Waals surface area contributed by atoms with Crippen LogP contribution in [0.25, 0.3) is 11.1 Å². The number of rotatable bonds is 6. The molecule has 0 bridgehead atoms. The van der Waals surface area contributed by atoms with Crippen molar-refractivity contribution in [1.29, 1.82) is 0 Å². The number of alkyl carbamates (subject to hydrolysis) is 1. The summed E-state index contributed by atoms with van der Waals surface area (Å²) in [6, 6.07) is 16.1. The van der Waals surface area contributed by atoms with Crippen LogP contribution < -0.4 is 10.6 Å². The molecule has 7 nitrogen and oxygen atoms in total. The summed E-state index contributed by atoms with van der Waals surface area (Å²) >= 11 is 0. The van der Waals surface area contributed by atoms with Crippen molar-refractivity contribution >= 4 is 18.0 Å². The van der Waals surface area contributed by atoms with E-state index in [0.29, 0.717) is 0 Å². The third-order valence-electron chi connectivity index (χ3n) is 6.10. The summed E-state index contributed by atoms with van der Waals surface area (Å²) < 4.78 is 5.58. The Hall–Kier alpha value is -3.79. The van der Waals surface area contributed by atoms with E-state index in [0.717, 1.165) is 35.1 Å². The largest absolute Gasteiger partial charge is 0.472 e. The van der Waals surface area contributed by atoms with Crippen LogP contribution in [0.15, 0.2) is 48.5 Å². The van der Waals surface area contributed by atoms with Crippen LogP contribution in [-0.4, -0.2) is 41.8 Å². The maximum Gasteiger partial charge on any atom is 0.408 e. The number of amides is 2. The first kappa shape index (κ1) is 21.4. The number of carboxylic acid groups (broad SMARTS) is 1. The Morgan fingerprint density at radius 2 is 1.66 bits per heavy atom. The predicted molar refractivity (Wildman–Crippen MR) is 118 cm³/mol. The van der Waals surface area contributed by atoms with Crippen LogP contribution in [0.4, 0.5) is 4.79 Å². The summed E-state index contributed by atoms with van der Waals surface area (Å²) in [5, 5.41) is 13.9.